The third-order valence-corrected chi connectivity index (χ3v) is 5.51. The van der Waals surface area contributed by atoms with Crippen LogP contribution in [0.5, 0.6) is 0 Å². The Morgan fingerprint density at radius 1 is 1.04 bits per heavy atom. The summed E-state index contributed by atoms with van der Waals surface area (Å²) in [5.74, 6) is 0.771. The zero-order valence-electron chi connectivity index (χ0n) is 13.9. The number of amidine groups is 1. The van der Waals surface area contributed by atoms with Gasteiger partial charge in [0, 0.05) is 30.2 Å². The molecule has 0 aromatic heterocycles. The molecule has 0 atom stereocenters. The van der Waals surface area contributed by atoms with Crippen molar-refractivity contribution < 1.29 is 8.42 Å². The van der Waals surface area contributed by atoms with Crippen molar-refractivity contribution in [3.63, 3.8) is 0 Å². The molecule has 0 spiro atoms. The molecule has 2 aromatic rings. The first-order valence-electron chi connectivity index (χ1n) is 7.55. The molecule has 0 aliphatic rings. The quantitative estimate of drug-likeness (QED) is 0.590. The van der Waals surface area contributed by atoms with Crippen molar-refractivity contribution in [1.82, 2.24) is 9.62 Å². The van der Waals surface area contributed by atoms with Crippen LogP contribution in [0.1, 0.15) is 6.92 Å². The highest BCUT2D eigenvalue weighted by molar-refractivity contribution is 7.89. The molecule has 0 radical (unpaired) electrons. The van der Waals surface area contributed by atoms with Crippen LogP contribution in [0.4, 0.5) is 5.69 Å². The van der Waals surface area contributed by atoms with Crippen LogP contribution in [-0.2, 0) is 10.0 Å². The number of benzene rings is 2. The zero-order valence-corrected chi connectivity index (χ0v) is 16.2. The Morgan fingerprint density at radius 2 is 1.56 bits per heavy atom. The standard InChI is InChI=1S/C17H19Cl2N3O2S/c1-13(21-16-7-3-14(18)4-8-16)22(2)12-11-20-25(23,24)17-9-5-15(19)6-10-17/h3-10,20H,11-12H2,1-2H3. The minimum absolute atomic E-state index is 0.186. The van der Waals surface area contributed by atoms with E-state index in [0.29, 0.717) is 16.6 Å². The number of nitrogens with zero attached hydrogens (tertiary/aromatic N) is 2. The predicted octanol–water partition coefficient (Wildman–Crippen LogP) is 3.95. The highest BCUT2D eigenvalue weighted by atomic mass is 35.5. The molecule has 2 rings (SSSR count). The average molecular weight is 400 g/mol. The van der Waals surface area contributed by atoms with Gasteiger partial charge in [0.05, 0.1) is 10.6 Å². The number of halogens is 2. The molecule has 1 N–H and O–H groups in total. The van der Waals surface area contributed by atoms with E-state index in [1.807, 2.05) is 31.0 Å². The van der Waals surface area contributed by atoms with Crippen molar-refractivity contribution >= 4 is 44.7 Å². The van der Waals surface area contributed by atoms with Crippen molar-refractivity contribution in [2.75, 3.05) is 20.1 Å². The van der Waals surface area contributed by atoms with E-state index >= 15 is 0 Å². The van der Waals surface area contributed by atoms with E-state index in [1.165, 1.54) is 12.1 Å². The van der Waals surface area contributed by atoms with Crippen molar-refractivity contribution in [3.8, 4) is 0 Å². The Bertz CT molecular complexity index is 835. The van der Waals surface area contributed by atoms with Gasteiger partial charge >= 0.3 is 0 Å². The molecule has 0 bridgehead atoms. The van der Waals surface area contributed by atoms with Gasteiger partial charge in [-0.2, -0.15) is 0 Å². The van der Waals surface area contributed by atoms with E-state index in [4.69, 9.17) is 23.2 Å². The largest absolute Gasteiger partial charge is 0.362 e. The van der Waals surface area contributed by atoms with Gasteiger partial charge in [0.1, 0.15) is 5.84 Å². The van der Waals surface area contributed by atoms with Gasteiger partial charge < -0.3 is 4.90 Å². The summed E-state index contributed by atoms with van der Waals surface area (Å²) in [6, 6.07) is 13.2. The number of aliphatic imine (C=N–C) groups is 1. The van der Waals surface area contributed by atoms with E-state index in [-0.39, 0.29) is 11.4 Å². The fraction of sp³-hybridized carbons (Fsp3) is 0.235. The number of rotatable bonds is 6. The van der Waals surface area contributed by atoms with Crippen LogP contribution >= 0.6 is 23.2 Å². The van der Waals surface area contributed by atoms with E-state index < -0.39 is 10.0 Å². The summed E-state index contributed by atoms with van der Waals surface area (Å²) in [7, 11) is -1.70. The molecule has 5 nitrogen and oxygen atoms in total. The molecule has 0 heterocycles. The molecule has 134 valence electrons. The normalized spacial score (nSPS) is 12.2. The number of likely N-dealkylation sites (N-methyl/N-ethyl adjacent to an activating group) is 1. The molecule has 2 aromatic carbocycles. The lowest BCUT2D eigenvalue weighted by Crippen LogP contribution is -2.35. The van der Waals surface area contributed by atoms with Gasteiger partial charge in [0.25, 0.3) is 0 Å². The van der Waals surface area contributed by atoms with Crippen molar-refractivity contribution in [3.05, 3.63) is 58.6 Å². The predicted molar refractivity (Wildman–Crippen MR) is 103 cm³/mol. The highest BCUT2D eigenvalue weighted by Gasteiger charge is 2.13. The Hall–Kier alpha value is -1.60. The third kappa shape index (κ3) is 6.01. The molecular weight excluding hydrogens is 381 g/mol. The van der Waals surface area contributed by atoms with Gasteiger partial charge in [0.15, 0.2) is 0 Å². The first-order chi connectivity index (χ1) is 11.8. The van der Waals surface area contributed by atoms with Crippen molar-refractivity contribution in [2.45, 2.75) is 11.8 Å². The Balaban J connectivity index is 1.91. The van der Waals surface area contributed by atoms with Crippen molar-refractivity contribution in [1.29, 1.82) is 0 Å². The fourth-order valence-corrected chi connectivity index (χ4v) is 3.27. The second-order valence-corrected chi connectivity index (χ2v) is 8.05. The van der Waals surface area contributed by atoms with Crippen LogP contribution < -0.4 is 4.72 Å². The number of hydrogen-bond donors (Lipinski definition) is 1. The molecular formula is C17H19Cl2N3O2S. The summed E-state index contributed by atoms with van der Waals surface area (Å²) in [6.45, 7) is 2.60. The Kier molecular flexibility index (Phi) is 6.84. The molecule has 0 aliphatic heterocycles. The summed E-state index contributed by atoms with van der Waals surface area (Å²) in [5.41, 5.74) is 0.787. The van der Waals surface area contributed by atoms with Gasteiger partial charge in [-0.05, 0) is 55.5 Å². The van der Waals surface area contributed by atoms with E-state index in [2.05, 4.69) is 9.71 Å². The molecule has 0 fully saturated rings. The van der Waals surface area contributed by atoms with Crippen molar-refractivity contribution in [2.24, 2.45) is 4.99 Å². The lowest BCUT2D eigenvalue weighted by molar-refractivity contribution is 0.497. The smallest absolute Gasteiger partial charge is 0.240 e. The highest BCUT2D eigenvalue weighted by Crippen LogP contribution is 2.17. The molecule has 0 unspecified atom stereocenters. The Labute approximate surface area is 158 Å². The lowest BCUT2D eigenvalue weighted by atomic mass is 10.3. The fourth-order valence-electron chi connectivity index (χ4n) is 1.99. The monoisotopic (exact) mass is 399 g/mol. The van der Waals surface area contributed by atoms with Crippen LogP contribution in [-0.4, -0.2) is 39.3 Å². The molecule has 0 saturated carbocycles. The first-order valence-corrected chi connectivity index (χ1v) is 9.79. The second kappa shape index (κ2) is 8.67. The van der Waals surface area contributed by atoms with Crippen LogP contribution in [0, 0.1) is 0 Å². The van der Waals surface area contributed by atoms with E-state index in [0.717, 1.165) is 11.5 Å². The minimum Gasteiger partial charge on any atom is -0.362 e. The molecule has 25 heavy (non-hydrogen) atoms. The summed E-state index contributed by atoms with van der Waals surface area (Å²) >= 11 is 11.6. The molecule has 0 saturated heterocycles. The van der Waals surface area contributed by atoms with Gasteiger partial charge in [-0.25, -0.2) is 18.1 Å². The maximum absolute atomic E-state index is 12.2. The maximum atomic E-state index is 12.2. The summed E-state index contributed by atoms with van der Waals surface area (Å²) < 4.78 is 27.0. The first kappa shape index (κ1) is 19.7. The second-order valence-electron chi connectivity index (χ2n) is 5.41. The lowest BCUT2D eigenvalue weighted by Gasteiger charge is -2.19. The topological polar surface area (TPSA) is 61.8 Å². The number of hydrogen-bond acceptors (Lipinski definition) is 3. The Morgan fingerprint density at radius 3 is 2.12 bits per heavy atom. The summed E-state index contributed by atoms with van der Waals surface area (Å²) in [4.78, 5) is 6.54. The van der Waals surface area contributed by atoms with Gasteiger partial charge in [0.2, 0.25) is 10.0 Å². The molecule has 8 heteroatoms. The summed E-state index contributed by atoms with van der Waals surface area (Å²) in [6.07, 6.45) is 0. The van der Waals surface area contributed by atoms with Gasteiger partial charge in [-0.3, -0.25) is 0 Å². The zero-order chi connectivity index (χ0) is 18.4. The maximum Gasteiger partial charge on any atom is 0.240 e. The van der Waals surface area contributed by atoms with Crippen LogP contribution in [0.3, 0.4) is 0 Å². The van der Waals surface area contributed by atoms with Crippen LogP contribution in [0.15, 0.2) is 58.4 Å². The number of sulfonamides is 1. The molecule has 0 aliphatic carbocycles. The van der Waals surface area contributed by atoms with Crippen LogP contribution in [0.25, 0.3) is 0 Å². The third-order valence-electron chi connectivity index (χ3n) is 3.53. The van der Waals surface area contributed by atoms with Gasteiger partial charge in [-0.1, -0.05) is 23.2 Å². The van der Waals surface area contributed by atoms with E-state index in [1.54, 1.807) is 24.3 Å². The summed E-state index contributed by atoms with van der Waals surface area (Å²) in [5, 5.41) is 1.15. The minimum atomic E-state index is -3.55. The van der Waals surface area contributed by atoms with Gasteiger partial charge in [-0.15, -0.1) is 0 Å². The van der Waals surface area contributed by atoms with Crippen LogP contribution in [0.2, 0.25) is 10.0 Å². The average Bonchev–Trinajstić information content (AvgIpc) is 2.57. The number of nitrogens with one attached hydrogen (secondary N) is 1. The molecule has 0 amide bonds. The SMILES string of the molecule is CC(=Nc1ccc(Cl)cc1)N(C)CCNS(=O)(=O)c1ccc(Cl)cc1. The van der Waals surface area contributed by atoms with E-state index in [9.17, 15) is 8.42 Å².